The molecule has 60 valence electrons. The summed E-state index contributed by atoms with van der Waals surface area (Å²) < 4.78 is 4.82. The summed E-state index contributed by atoms with van der Waals surface area (Å²) in [5.74, 6) is -0.104. The second kappa shape index (κ2) is 3.21. The summed E-state index contributed by atoms with van der Waals surface area (Å²) in [6, 6.07) is -0.403. The Morgan fingerprint density at radius 3 is 2.10 bits per heavy atom. The predicted molar refractivity (Wildman–Crippen MR) is 39.9 cm³/mol. The molecular formula is C6H12ClNO2. The summed E-state index contributed by atoms with van der Waals surface area (Å²) >= 11 is 0. The highest BCUT2D eigenvalue weighted by Crippen LogP contribution is 2.19. The highest BCUT2D eigenvalue weighted by Gasteiger charge is 2.36. The number of ether oxygens (including phenoxy) is 1. The van der Waals surface area contributed by atoms with Crippen LogP contribution in [0.1, 0.15) is 13.8 Å². The molecule has 0 aliphatic carbocycles. The molecule has 0 aromatic heterocycles. The Hall–Kier alpha value is -0.280. The first-order valence-electron chi connectivity index (χ1n) is 3.09. The first-order valence-corrected chi connectivity index (χ1v) is 3.09. The predicted octanol–water partition coefficient (Wildman–Crippen LogP) is 0.317. The molecule has 3 unspecified atom stereocenters. The molecule has 0 bridgehead atoms. The molecule has 3 atom stereocenters. The standard InChI is InChI=1S/C6H11NO2.ClH/c1-3-4(2)9-6(8)5(3)7;/h3-5H,7H2,1-2H3;1H. The lowest BCUT2D eigenvalue weighted by Crippen LogP contribution is -2.31. The zero-order valence-electron chi connectivity index (χ0n) is 6.03. The van der Waals surface area contributed by atoms with Crippen LogP contribution in [0.5, 0.6) is 0 Å². The highest BCUT2D eigenvalue weighted by molar-refractivity contribution is 5.85. The van der Waals surface area contributed by atoms with Crippen LogP contribution in [0.4, 0.5) is 0 Å². The lowest BCUT2D eigenvalue weighted by atomic mass is 10.0. The van der Waals surface area contributed by atoms with Gasteiger partial charge in [0.05, 0.1) is 0 Å². The van der Waals surface area contributed by atoms with Gasteiger partial charge in [0.15, 0.2) is 0 Å². The Bertz CT molecular complexity index is 140. The third-order valence-corrected chi connectivity index (χ3v) is 1.88. The number of hydrogen-bond acceptors (Lipinski definition) is 3. The van der Waals surface area contributed by atoms with Crippen LogP contribution >= 0.6 is 12.4 Å². The molecule has 0 amide bonds. The van der Waals surface area contributed by atoms with Crippen molar-refractivity contribution in [1.82, 2.24) is 0 Å². The van der Waals surface area contributed by atoms with Gasteiger partial charge in [-0.05, 0) is 6.92 Å². The Morgan fingerprint density at radius 1 is 1.50 bits per heavy atom. The van der Waals surface area contributed by atoms with Crippen LogP contribution in [0, 0.1) is 5.92 Å². The van der Waals surface area contributed by atoms with Gasteiger partial charge in [0.1, 0.15) is 12.1 Å². The normalized spacial score (nSPS) is 38.7. The fourth-order valence-corrected chi connectivity index (χ4v) is 0.876. The number of halogens is 1. The van der Waals surface area contributed by atoms with E-state index in [1.165, 1.54) is 0 Å². The molecule has 0 aromatic carbocycles. The van der Waals surface area contributed by atoms with Crippen LogP contribution in [-0.4, -0.2) is 18.1 Å². The van der Waals surface area contributed by atoms with E-state index >= 15 is 0 Å². The van der Waals surface area contributed by atoms with Crippen molar-refractivity contribution in [3.63, 3.8) is 0 Å². The number of hydrogen-bond donors (Lipinski definition) is 1. The second-order valence-electron chi connectivity index (χ2n) is 2.53. The van der Waals surface area contributed by atoms with Crippen molar-refractivity contribution >= 4 is 18.4 Å². The minimum Gasteiger partial charge on any atom is -0.461 e. The topological polar surface area (TPSA) is 52.3 Å². The van der Waals surface area contributed by atoms with E-state index in [1.54, 1.807) is 0 Å². The zero-order chi connectivity index (χ0) is 7.02. The molecule has 1 heterocycles. The monoisotopic (exact) mass is 165 g/mol. The maximum Gasteiger partial charge on any atom is 0.323 e. The number of carbonyl (C=O) groups is 1. The molecule has 10 heavy (non-hydrogen) atoms. The van der Waals surface area contributed by atoms with E-state index in [-0.39, 0.29) is 30.4 Å². The van der Waals surface area contributed by atoms with E-state index in [0.717, 1.165) is 0 Å². The summed E-state index contributed by atoms with van der Waals surface area (Å²) in [6.07, 6.45) is -0.00694. The maximum atomic E-state index is 10.6. The van der Waals surface area contributed by atoms with E-state index in [1.807, 2.05) is 13.8 Å². The molecule has 4 heteroatoms. The van der Waals surface area contributed by atoms with Crippen molar-refractivity contribution in [1.29, 1.82) is 0 Å². The Morgan fingerprint density at radius 2 is 2.00 bits per heavy atom. The largest absolute Gasteiger partial charge is 0.461 e. The van der Waals surface area contributed by atoms with Crippen LogP contribution in [0.2, 0.25) is 0 Å². The Balaban J connectivity index is 0.000000810. The SMILES string of the molecule is CC1OC(=O)C(N)C1C.Cl. The molecule has 0 aromatic rings. The molecule has 0 saturated carbocycles. The van der Waals surface area contributed by atoms with Crippen molar-refractivity contribution in [3.8, 4) is 0 Å². The minimum absolute atomic E-state index is 0. The molecular weight excluding hydrogens is 154 g/mol. The van der Waals surface area contributed by atoms with E-state index in [0.29, 0.717) is 0 Å². The lowest BCUT2D eigenvalue weighted by Gasteiger charge is -2.06. The van der Waals surface area contributed by atoms with Gasteiger partial charge in [0.2, 0.25) is 0 Å². The average molecular weight is 166 g/mol. The fourth-order valence-electron chi connectivity index (χ4n) is 0.876. The summed E-state index contributed by atoms with van der Waals surface area (Å²) in [5.41, 5.74) is 5.44. The van der Waals surface area contributed by atoms with Crippen molar-refractivity contribution in [2.75, 3.05) is 0 Å². The van der Waals surface area contributed by atoms with Crippen LogP contribution in [0.3, 0.4) is 0 Å². The highest BCUT2D eigenvalue weighted by atomic mass is 35.5. The summed E-state index contributed by atoms with van der Waals surface area (Å²) in [7, 11) is 0. The fraction of sp³-hybridized carbons (Fsp3) is 0.833. The van der Waals surface area contributed by atoms with Crippen LogP contribution < -0.4 is 5.73 Å². The average Bonchev–Trinajstić information content (AvgIpc) is 1.98. The molecule has 0 radical (unpaired) electrons. The molecule has 2 N–H and O–H groups in total. The molecule has 1 rings (SSSR count). The molecule has 0 spiro atoms. The van der Waals surface area contributed by atoms with E-state index in [9.17, 15) is 4.79 Å². The first kappa shape index (κ1) is 9.72. The summed E-state index contributed by atoms with van der Waals surface area (Å²) in [4.78, 5) is 10.6. The maximum absolute atomic E-state index is 10.6. The van der Waals surface area contributed by atoms with Gasteiger partial charge in [-0.3, -0.25) is 4.79 Å². The number of carbonyl (C=O) groups excluding carboxylic acids is 1. The number of nitrogens with two attached hydrogens (primary N) is 1. The third kappa shape index (κ3) is 1.41. The van der Waals surface area contributed by atoms with Crippen molar-refractivity contribution in [2.24, 2.45) is 11.7 Å². The van der Waals surface area contributed by atoms with Crippen molar-refractivity contribution in [2.45, 2.75) is 26.0 Å². The number of esters is 1. The molecule has 3 nitrogen and oxygen atoms in total. The Labute approximate surface area is 66.3 Å². The van der Waals surface area contributed by atoms with Crippen molar-refractivity contribution in [3.05, 3.63) is 0 Å². The van der Waals surface area contributed by atoms with Gasteiger partial charge in [-0.2, -0.15) is 0 Å². The quantitative estimate of drug-likeness (QED) is 0.526. The molecule has 1 aliphatic heterocycles. The van der Waals surface area contributed by atoms with E-state index in [2.05, 4.69) is 0 Å². The Kier molecular flexibility index (Phi) is 3.12. The van der Waals surface area contributed by atoms with E-state index < -0.39 is 6.04 Å². The van der Waals surface area contributed by atoms with Gasteiger partial charge >= 0.3 is 5.97 Å². The van der Waals surface area contributed by atoms with Gasteiger partial charge in [0, 0.05) is 5.92 Å². The summed E-state index contributed by atoms with van der Waals surface area (Å²) in [5, 5.41) is 0. The van der Waals surface area contributed by atoms with Gasteiger partial charge in [-0.1, -0.05) is 6.92 Å². The van der Waals surface area contributed by atoms with Gasteiger partial charge in [-0.25, -0.2) is 0 Å². The van der Waals surface area contributed by atoms with Crippen LogP contribution in [0.25, 0.3) is 0 Å². The molecule has 1 saturated heterocycles. The van der Waals surface area contributed by atoms with Gasteiger partial charge in [0.25, 0.3) is 0 Å². The number of rotatable bonds is 0. The van der Waals surface area contributed by atoms with E-state index in [4.69, 9.17) is 10.5 Å². The zero-order valence-corrected chi connectivity index (χ0v) is 6.85. The van der Waals surface area contributed by atoms with Gasteiger partial charge in [-0.15, -0.1) is 12.4 Å². The first-order chi connectivity index (χ1) is 4.13. The molecule has 1 fully saturated rings. The van der Waals surface area contributed by atoms with Crippen LogP contribution in [-0.2, 0) is 9.53 Å². The van der Waals surface area contributed by atoms with Gasteiger partial charge < -0.3 is 10.5 Å². The second-order valence-corrected chi connectivity index (χ2v) is 2.53. The lowest BCUT2D eigenvalue weighted by molar-refractivity contribution is -0.141. The third-order valence-electron chi connectivity index (χ3n) is 1.88. The minimum atomic E-state index is -0.403. The summed E-state index contributed by atoms with van der Waals surface area (Å²) in [6.45, 7) is 3.77. The molecule has 1 aliphatic rings. The van der Waals surface area contributed by atoms with Crippen molar-refractivity contribution < 1.29 is 9.53 Å². The number of cyclic esters (lactones) is 1. The smallest absolute Gasteiger partial charge is 0.323 e. The van der Waals surface area contributed by atoms with Crippen LogP contribution in [0.15, 0.2) is 0 Å².